The van der Waals surface area contributed by atoms with Crippen molar-refractivity contribution < 1.29 is 18.8 Å². The van der Waals surface area contributed by atoms with Crippen LogP contribution in [0.3, 0.4) is 0 Å². The van der Waals surface area contributed by atoms with Crippen LogP contribution in [0.15, 0.2) is 59.4 Å². The number of halogens is 1. The van der Waals surface area contributed by atoms with Gasteiger partial charge in [0.25, 0.3) is 5.91 Å². The normalized spacial score (nSPS) is 19.0. The Bertz CT molecular complexity index is 899. The van der Waals surface area contributed by atoms with E-state index in [0.29, 0.717) is 37.3 Å². The van der Waals surface area contributed by atoms with Crippen LogP contribution < -0.4 is 15.7 Å². The van der Waals surface area contributed by atoms with E-state index in [1.807, 2.05) is 18.2 Å². The number of piperazine rings is 1. The van der Waals surface area contributed by atoms with E-state index in [4.69, 9.17) is 4.84 Å². The Balaban J connectivity index is 1.22. The number of nitrogens with zero attached hydrogens (tertiary/aromatic N) is 2. The summed E-state index contributed by atoms with van der Waals surface area (Å²) in [6.07, 6.45) is 6.81. The SMILES string of the molecule is O=C(CN1CCN(c2ccc(F)cc2)CC1)NCCC1=C2CC=CC=C2ONC1=O. The van der Waals surface area contributed by atoms with E-state index in [1.165, 1.54) is 12.1 Å². The van der Waals surface area contributed by atoms with E-state index in [9.17, 15) is 14.0 Å². The highest BCUT2D eigenvalue weighted by Crippen LogP contribution is 2.28. The number of fused-ring (bicyclic) bond motifs is 1. The fraction of sp³-hybridized carbons (Fsp3) is 0.364. The lowest BCUT2D eigenvalue weighted by Crippen LogP contribution is -2.49. The van der Waals surface area contributed by atoms with E-state index >= 15 is 0 Å². The topological polar surface area (TPSA) is 73.9 Å². The summed E-state index contributed by atoms with van der Waals surface area (Å²) in [5, 5.41) is 2.91. The number of hydrogen-bond acceptors (Lipinski definition) is 5. The quantitative estimate of drug-likeness (QED) is 0.744. The van der Waals surface area contributed by atoms with Crippen LogP contribution in [-0.4, -0.2) is 56.0 Å². The Morgan fingerprint density at radius 3 is 2.70 bits per heavy atom. The third kappa shape index (κ3) is 4.71. The van der Waals surface area contributed by atoms with Crippen LogP contribution >= 0.6 is 0 Å². The Morgan fingerprint density at radius 2 is 1.93 bits per heavy atom. The van der Waals surface area contributed by atoms with Crippen molar-refractivity contribution in [1.82, 2.24) is 15.7 Å². The van der Waals surface area contributed by atoms with Crippen molar-refractivity contribution in [3.63, 3.8) is 0 Å². The first-order valence-electron chi connectivity index (χ1n) is 10.2. The summed E-state index contributed by atoms with van der Waals surface area (Å²) in [5.74, 6) is 0.125. The number of carbonyl (C=O) groups is 2. The summed E-state index contributed by atoms with van der Waals surface area (Å²) < 4.78 is 13.1. The highest BCUT2D eigenvalue weighted by atomic mass is 19.1. The molecule has 1 fully saturated rings. The maximum atomic E-state index is 13.1. The fourth-order valence-corrected chi connectivity index (χ4v) is 3.88. The first-order chi connectivity index (χ1) is 14.6. The molecule has 8 heteroatoms. The standard InChI is InChI=1S/C22H25FN4O3/c23-16-5-7-17(8-6-16)27-13-11-26(12-14-27)15-21(28)24-10-9-19-18-3-1-2-4-20(18)30-25-22(19)29/h1-2,4-8H,3,9-15H2,(H,24,28)(H,25,29). The highest BCUT2D eigenvalue weighted by Gasteiger charge is 2.26. The molecule has 0 saturated carbocycles. The number of nitrogens with one attached hydrogen (secondary N) is 2. The average Bonchev–Trinajstić information content (AvgIpc) is 2.76. The van der Waals surface area contributed by atoms with Crippen molar-refractivity contribution in [3.8, 4) is 0 Å². The number of benzene rings is 1. The lowest BCUT2D eigenvalue weighted by atomic mass is 9.96. The van der Waals surface area contributed by atoms with E-state index in [1.54, 1.807) is 12.1 Å². The zero-order chi connectivity index (χ0) is 20.9. The molecule has 0 aromatic heterocycles. The van der Waals surface area contributed by atoms with Crippen LogP contribution in [0.25, 0.3) is 0 Å². The fourth-order valence-electron chi connectivity index (χ4n) is 3.88. The lowest BCUT2D eigenvalue weighted by Gasteiger charge is -2.35. The second-order valence-corrected chi connectivity index (χ2v) is 7.49. The molecular weight excluding hydrogens is 387 g/mol. The van der Waals surface area contributed by atoms with Gasteiger partial charge in [-0.3, -0.25) is 14.5 Å². The summed E-state index contributed by atoms with van der Waals surface area (Å²) in [4.78, 5) is 34.0. The molecule has 1 aromatic carbocycles. The largest absolute Gasteiger partial charge is 0.379 e. The van der Waals surface area contributed by atoms with E-state index in [-0.39, 0.29) is 17.6 Å². The molecule has 0 radical (unpaired) electrons. The Morgan fingerprint density at radius 1 is 1.17 bits per heavy atom. The first-order valence-corrected chi connectivity index (χ1v) is 10.2. The highest BCUT2D eigenvalue weighted by molar-refractivity contribution is 5.95. The number of hydrogen-bond donors (Lipinski definition) is 2. The monoisotopic (exact) mass is 412 g/mol. The van der Waals surface area contributed by atoms with Crippen LogP contribution in [0.4, 0.5) is 10.1 Å². The third-order valence-electron chi connectivity index (χ3n) is 5.52. The average molecular weight is 412 g/mol. The van der Waals surface area contributed by atoms with Crippen LogP contribution in [0.5, 0.6) is 0 Å². The zero-order valence-electron chi connectivity index (χ0n) is 16.7. The Labute approximate surface area is 174 Å². The zero-order valence-corrected chi connectivity index (χ0v) is 16.7. The van der Waals surface area contributed by atoms with Crippen LogP contribution in [-0.2, 0) is 14.4 Å². The summed E-state index contributed by atoms with van der Waals surface area (Å²) in [5.41, 5.74) is 4.95. The molecule has 2 N–H and O–H groups in total. The summed E-state index contributed by atoms with van der Waals surface area (Å²) in [6.45, 7) is 3.83. The molecule has 30 heavy (non-hydrogen) atoms. The molecule has 0 unspecified atom stereocenters. The van der Waals surface area contributed by atoms with Crippen LogP contribution in [0.2, 0.25) is 0 Å². The minimum absolute atomic E-state index is 0.0531. The van der Waals surface area contributed by atoms with E-state index in [2.05, 4.69) is 20.6 Å². The Hall–Kier alpha value is -3.13. The summed E-state index contributed by atoms with van der Waals surface area (Å²) in [6, 6.07) is 6.49. The minimum Gasteiger partial charge on any atom is -0.379 e. The van der Waals surface area contributed by atoms with Crippen molar-refractivity contribution in [2.45, 2.75) is 12.8 Å². The second-order valence-electron chi connectivity index (χ2n) is 7.49. The summed E-state index contributed by atoms with van der Waals surface area (Å²) >= 11 is 0. The van der Waals surface area contributed by atoms with Gasteiger partial charge in [0.05, 0.1) is 6.54 Å². The van der Waals surface area contributed by atoms with E-state index in [0.717, 1.165) is 37.4 Å². The number of allylic oxidation sites excluding steroid dienone is 4. The van der Waals surface area contributed by atoms with Crippen molar-refractivity contribution >= 4 is 17.5 Å². The van der Waals surface area contributed by atoms with E-state index < -0.39 is 0 Å². The minimum atomic E-state index is -0.247. The number of hydroxylamine groups is 1. The summed E-state index contributed by atoms with van der Waals surface area (Å²) in [7, 11) is 0. The Kier molecular flexibility index (Phi) is 6.13. The van der Waals surface area contributed by atoms with Crippen LogP contribution in [0.1, 0.15) is 12.8 Å². The molecule has 0 spiro atoms. The van der Waals surface area contributed by atoms with Gasteiger partial charge in [0, 0.05) is 49.6 Å². The molecule has 2 aliphatic heterocycles. The lowest BCUT2D eigenvalue weighted by molar-refractivity contribution is -0.128. The van der Waals surface area contributed by atoms with Gasteiger partial charge >= 0.3 is 0 Å². The van der Waals surface area contributed by atoms with Gasteiger partial charge in [-0.15, -0.1) is 0 Å². The number of amides is 2. The molecular formula is C22H25FN4O3. The molecule has 158 valence electrons. The molecule has 1 aromatic rings. The molecule has 2 heterocycles. The molecule has 7 nitrogen and oxygen atoms in total. The van der Waals surface area contributed by atoms with Gasteiger partial charge in [0.1, 0.15) is 5.82 Å². The maximum absolute atomic E-state index is 13.1. The van der Waals surface area contributed by atoms with Gasteiger partial charge in [0.2, 0.25) is 5.91 Å². The molecule has 2 amide bonds. The molecule has 4 rings (SSSR count). The number of carbonyl (C=O) groups excluding carboxylic acids is 2. The van der Waals surface area contributed by atoms with Gasteiger partial charge in [-0.25, -0.2) is 4.39 Å². The van der Waals surface area contributed by atoms with Crippen molar-refractivity contribution in [2.24, 2.45) is 0 Å². The van der Waals surface area contributed by atoms with Crippen molar-refractivity contribution in [2.75, 3.05) is 44.2 Å². The molecule has 1 saturated heterocycles. The van der Waals surface area contributed by atoms with Crippen LogP contribution in [0, 0.1) is 5.82 Å². The van der Waals surface area contributed by atoms with Crippen molar-refractivity contribution in [1.29, 1.82) is 0 Å². The van der Waals surface area contributed by atoms with Gasteiger partial charge in [0.15, 0.2) is 5.76 Å². The van der Waals surface area contributed by atoms with Gasteiger partial charge in [-0.1, -0.05) is 12.2 Å². The van der Waals surface area contributed by atoms with Gasteiger partial charge in [-0.05, 0) is 43.2 Å². The third-order valence-corrected chi connectivity index (χ3v) is 5.52. The number of rotatable bonds is 6. The molecule has 0 atom stereocenters. The second kappa shape index (κ2) is 9.13. The predicted octanol–water partition coefficient (Wildman–Crippen LogP) is 1.66. The van der Waals surface area contributed by atoms with Gasteiger partial charge in [-0.2, -0.15) is 5.48 Å². The smallest absolute Gasteiger partial charge is 0.280 e. The van der Waals surface area contributed by atoms with Crippen molar-refractivity contribution in [3.05, 3.63) is 65.2 Å². The first kappa shape index (κ1) is 20.2. The molecule has 3 aliphatic rings. The molecule has 1 aliphatic carbocycles. The predicted molar refractivity (Wildman–Crippen MR) is 111 cm³/mol. The maximum Gasteiger partial charge on any atom is 0.280 e. The number of anilines is 1. The molecule has 0 bridgehead atoms. The van der Waals surface area contributed by atoms with Gasteiger partial charge < -0.3 is 15.1 Å².